The van der Waals surface area contributed by atoms with Gasteiger partial charge in [-0.15, -0.1) is 0 Å². The lowest BCUT2D eigenvalue weighted by atomic mass is 9.92. The number of esters is 1. The molecule has 2 heterocycles. The Balaban J connectivity index is 2.20. The van der Waals surface area contributed by atoms with Crippen molar-refractivity contribution in [2.75, 3.05) is 24.6 Å². The highest BCUT2D eigenvalue weighted by atomic mass is 19.2. The molecule has 2 aromatic rings. The first kappa shape index (κ1) is 17.2. The number of aromatic nitrogens is 1. The molecular formula is C17H15F3N2O3. The maximum absolute atomic E-state index is 14.0. The van der Waals surface area contributed by atoms with E-state index in [2.05, 4.69) is 4.98 Å². The van der Waals surface area contributed by atoms with Crippen LogP contribution < -0.4 is 4.90 Å². The molecule has 0 aliphatic carbocycles. The van der Waals surface area contributed by atoms with Gasteiger partial charge in [-0.3, -0.25) is 9.59 Å². The highest BCUT2D eigenvalue weighted by molar-refractivity contribution is 6.14. The van der Waals surface area contributed by atoms with Crippen molar-refractivity contribution in [2.24, 2.45) is 5.92 Å². The van der Waals surface area contributed by atoms with Crippen LogP contribution in [0.2, 0.25) is 0 Å². The minimum absolute atomic E-state index is 0.0327. The number of ketones is 1. The predicted octanol–water partition coefficient (Wildman–Crippen LogP) is 2.85. The number of nitrogens with zero attached hydrogens (tertiary/aromatic N) is 2. The Hall–Kier alpha value is -2.64. The fraction of sp³-hybridized carbons (Fsp3) is 0.353. The number of carbonyl (C=O) groups is 2. The summed E-state index contributed by atoms with van der Waals surface area (Å²) in [6.07, 6.45) is 0. The number of Topliss-reactive ketones (excluding diaryl/α,β-unsaturated/α-hetero) is 1. The summed E-state index contributed by atoms with van der Waals surface area (Å²) < 4.78 is 45.9. The van der Waals surface area contributed by atoms with Gasteiger partial charge in [0.15, 0.2) is 23.2 Å². The van der Waals surface area contributed by atoms with E-state index in [9.17, 15) is 22.8 Å². The van der Waals surface area contributed by atoms with Gasteiger partial charge >= 0.3 is 5.97 Å². The van der Waals surface area contributed by atoms with E-state index in [1.54, 1.807) is 18.7 Å². The van der Waals surface area contributed by atoms with Crippen molar-refractivity contribution in [3.05, 3.63) is 35.1 Å². The van der Waals surface area contributed by atoms with Crippen molar-refractivity contribution in [2.45, 2.75) is 13.8 Å². The maximum Gasteiger partial charge on any atom is 0.318 e. The molecule has 0 spiro atoms. The second kappa shape index (κ2) is 6.34. The van der Waals surface area contributed by atoms with Crippen molar-refractivity contribution < 1.29 is 27.5 Å². The van der Waals surface area contributed by atoms with Crippen LogP contribution in [-0.2, 0) is 9.53 Å². The van der Waals surface area contributed by atoms with Gasteiger partial charge in [0.1, 0.15) is 17.3 Å². The summed E-state index contributed by atoms with van der Waals surface area (Å²) in [5, 5.41) is -0.0518. The number of halogens is 3. The number of rotatable bonds is 3. The zero-order valence-corrected chi connectivity index (χ0v) is 13.6. The maximum atomic E-state index is 14.0. The van der Waals surface area contributed by atoms with Crippen LogP contribution in [0.3, 0.4) is 0 Å². The van der Waals surface area contributed by atoms with E-state index in [4.69, 9.17) is 4.74 Å². The Kier molecular flexibility index (Phi) is 4.36. The lowest BCUT2D eigenvalue weighted by Gasteiger charge is -2.32. The molecule has 132 valence electrons. The Bertz CT molecular complexity index is 885. The zero-order valence-electron chi connectivity index (χ0n) is 13.6. The summed E-state index contributed by atoms with van der Waals surface area (Å²) in [6.45, 7) is 3.96. The summed E-state index contributed by atoms with van der Waals surface area (Å²) in [5.41, 5.74) is -0.303. The third-order valence-electron chi connectivity index (χ3n) is 4.16. The largest absolute Gasteiger partial charge is 0.465 e. The van der Waals surface area contributed by atoms with Crippen LogP contribution in [-0.4, -0.2) is 36.4 Å². The smallest absolute Gasteiger partial charge is 0.318 e. The first-order valence-corrected chi connectivity index (χ1v) is 7.83. The molecule has 1 atom stereocenters. The van der Waals surface area contributed by atoms with Crippen LogP contribution in [0, 0.1) is 23.4 Å². The molecule has 1 aromatic heterocycles. The Labute approximate surface area is 141 Å². The van der Waals surface area contributed by atoms with E-state index >= 15 is 0 Å². The van der Waals surface area contributed by atoms with Gasteiger partial charge in [0, 0.05) is 18.5 Å². The third-order valence-corrected chi connectivity index (χ3v) is 4.16. The molecule has 5 nitrogen and oxygen atoms in total. The molecule has 0 saturated heterocycles. The van der Waals surface area contributed by atoms with Gasteiger partial charge in [0.05, 0.1) is 12.2 Å². The lowest BCUT2D eigenvalue weighted by Crippen LogP contribution is -2.44. The number of benzene rings is 1. The fourth-order valence-electron chi connectivity index (χ4n) is 2.92. The zero-order chi connectivity index (χ0) is 18.3. The molecule has 0 saturated carbocycles. The van der Waals surface area contributed by atoms with Crippen LogP contribution in [0.4, 0.5) is 19.0 Å². The van der Waals surface area contributed by atoms with E-state index in [1.165, 1.54) is 6.07 Å². The average Bonchev–Trinajstić information content (AvgIpc) is 2.59. The second-order valence-corrected chi connectivity index (χ2v) is 5.63. The molecule has 1 aromatic carbocycles. The molecule has 1 aliphatic rings. The molecule has 1 aliphatic heterocycles. The molecule has 0 bridgehead atoms. The van der Waals surface area contributed by atoms with Gasteiger partial charge in [-0.2, -0.15) is 0 Å². The first-order valence-electron chi connectivity index (χ1n) is 7.83. The summed E-state index contributed by atoms with van der Waals surface area (Å²) >= 11 is 0. The van der Waals surface area contributed by atoms with E-state index in [0.29, 0.717) is 6.54 Å². The second-order valence-electron chi connectivity index (χ2n) is 5.63. The van der Waals surface area contributed by atoms with Crippen molar-refractivity contribution in [3.8, 4) is 0 Å². The number of anilines is 1. The van der Waals surface area contributed by atoms with E-state index in [-0.39, 0.29) is 35.4 Å². The topological polar surface area (TPSA) is 59.5 Å². The molecule has 1 unspecified atom stereocenters. The van der Waals surface area contributed by atoms with Crippen LogP contribution in [0.25, 0.3) is 10.9 Å². The standard InChI is InChI=1S/C17H15F3N2O3/c1-3-22-7-10(17(24)25-4-2)15(23)9-5-8-6-11(18)12(19)13(20)14(8)21-16(9)22/h5-6,10H,3-4,7H2,1-2H3. The molecule has 3 rings (SSSR count). The van der Waals surface area contributed by atoms with Crippen molar-refractivity contribution >= 4 is 28.5 Å². The minimum Gasteiger partial charge on any atom is -0.465 e. The van der Waals surface area contributed by atoms with Gasteiger partial charge in [-0.05, 0) is 26.0 Å². The quantitative estimate of drug-likeness (QED) is 0.483. The number of fused-ring (bicyclic) bond motifs is 2. The Morgan fingerprint density at radius 1 is 1.28 bits per heavy atom. The van der Waals surface area contributed by atoms with Crippen molar-refractivity contribution in [3.63, 3.8) is 0 Å². The van der Waals surface area contributed by atoms with Gasteiger partial charge < -0.3 is 9.64 Å². The lowest BCUT2D eigenvalue weighted by molar-refractivity contribution is -0.145. The minimum atomic E-state index is -1.62. The van der Waals surface area contributed by atoms with Crippen molar-refractivity contribution in [1.29, 1.82) is 0 Å². The van der Waals surface area contributed by atoms with Gasteiger partial charge in [-0.25, -0.2) is 18.2 Å². The third kappa shape index (κ3) is 2.71. The molecule has 8 heteroatoms. The molecule has 0 fully saturated rings. The SMILES string of the molecule is CCOC(=O)C1CN(CC)c2nc3c(F)c(F)c(F)cc3cc2C1=O. The van der Waals surface area contributed by atoms with Gasteiger partial charge in [0.25, 0.3) is 0 Å². The number of pyridine rings is 1. The van der Waals surface area contributed by atoms with Crippen LogP contribution in [0.1, 0.15) is 24.2 Å². The number of ether oxygens (including phenoxy) is 1. The number of hydrogen-bond donors (Lipinski definition) is 0. The predicted molar refractivity (Wildman–Crippen MR) is 84.0 cm³/mol. The van der Waals surface area contributed by atoms with Crippen LogP contribution in [0.15, 0.2) is 12.1 Å². The number of hydrogen-bond acceptors (Lipinski definition) is 5. The van der Waals surface area contributed by atoms with Crippen molar-refractivity contribution in [1.82, 2.24) is 4.98 Å². The molecular weight excluding hydrogens is 337 g/mol. The monoisotopic (exact) mass is 352 g/mol. The summed E-state index contributed by atoms with van der Waals surface area (Å²) in [4.78, 5) is 30.3. The molecule has 25 heavy (non-hydrogen) atoms. The Morgan fingerprint density at radius 2 is 2.00 bits per heavy atom. The van der Waals surface area contributed by atoms with E-state index < -0.39 is 35.1 Å². The summed E-state index contributed by atoms with van der Waals surface area (Å²) in [5.74, 6) is -6.48. The average molecular weight is 352 g/mol. The molecule has 0 N–H and O–H groups in total. The fourth-order valence-corrected chi connectivity index (χ4v) is 2.92. The first-order chi connectivity index (χ1) is 11.9. The van der Waals surface area contributed by atoms with Crippen LogP contribution in [0.5, 0.6) is 0 Å². The summed E-state index contributed by atoms with van der Waals surface area (Å²) in [7, 11) is 0. The van der Waals surface area contributed by atoms with E-state index in [0.717, 1.165) is 6.07 Å². The number of carbonyl (C=O) groups excluding carboxylic acids is 2. The molecule has 0 radical (unpaired) electrons. The van der Waals surface area contributed by atoms with Gasteiger partial charge in [0.2, 0.25) is 0 Å². The normalized spacial score (nSPS) is 16.9. The highest BCUT2D eigenvalue weighted by Crippen LogP contribution is 2.33. The van der Waals surface area contributed by atoms with Crippen LogP contribution >= 0.6 is 0 Å². The van der Waals surface area contributed by atoms with Gasteiger partial charge in [-0.1, -0.05) is 0 Å². The highest BCUT2D eigenvalue weighted by Gasteiger charge is 2.38. The van der Waals surface area contributed by atoms with E-state index in [1.807, 2.05) is 0 Å². The molecule has 0 amide bonds. The summed E-state index contributed by atoms with van der Waals surface area (Å²) in [6, 6.07) is 2.01. The Morgan fingerprint density at radius 3 is 2.64 bits per heavy atom.